The highest BCUT2D eigenvalue weighted by molar-refractivity contribution is 7.91. The van der Waals surface area contributed by atoms with E-state index in [1.807, 2.05) is 0 Å². The fourth-order valence-corrected chi connectivity index (χ4v) is 2.21. The van der Waals surface area contributed by atoms with Gasteiger partial charge in [-0.1, -0.05) is 18.5 Å². The smallest absolute Gasteiger partial charge is 0.337 e. The van der Waals surface area contributed by atoms with E-state index in [0.717, 1.165) is 0 Å². The van der Waals surface area contributed by atoms with Crippen LogP contribution in [0.15, 0.2) is 18.2 Å². The summed E-state index contributed by atoms with van der Waals surface area (Å²) in [7, 11) is -3.08. The zero-order valence-corrected chi connectivity index (χ0v) is 11.4. The summed E-state index contributed by atoms with van der Waals surface area (Å²) in [6.45, 7) is 1.72. The van der Waals surface area contributed by atoms with Gasteiger partial charge in [-0.2, -0.15) is 0 Å². The molecule has 0 aromatic heterocycles. The topological polar surface area (TPSA) is 83.5 Å². The normalized spacial score (nSPS) is 11.2. The summed E-state index contributed by atoms with van der Waals surface area (Å²) >= 11 is 5.77. The van der Waals surface area contributed by atoms with Gasteiger partial charge in [-0.05, 0) is 18.2 Å². The number of halogens is 1. The molecule has 0 fully saturated rings. The Labute approximate surface area is 111 Å². The van der Waals surface area contributed by atoms with Gasteiger partial charge in [-0.25, -0.2) is 13.2 Å². The molecule has 18 heavy (non-hydrogen) atoms. The molecule has 0 heterocycles. The molecule has 1 rings (SSSR count). The minimum Gasteiger partial charge on any atom is -0.478 e. The van der Waals surface area contributed by atoms with Crippen LogP contribution in [0.1, 0.15) is 17.3 Å². The van der Waals surface area contributed by atoms with Crippen molar-refractivity contribution in [3.63, 3.8) is 0 Å². The molecule has 1 aromatic rings. The molecule has 0 amide bonds. The Morgan fingerprint density at radius 1 is 1.44 bits per heavy atom. The van der Waals surface area contributed by atoms with Gasteiger partial charge in [0.2, 0.25) is 0 Å². The highest BCUT2D eigenvalue weighted by Gasteiger charge is 2.12. The van der Waals surface area contributed by atoms with Crippen molar-refractivity contribution in [3.05, 3.63) is 28.8 Å². The summed E-state index contributed by atoms with van der Waals surface area (Å²) in [6.07, 6.45) is 0. The second kappa shape index (κ2) is 6.06. The molecule has 0 saturated carbocycles. The van der Waals surface area contributed by atoms with Crippen LogP contribution in [0, 0.1) is 0 Å². The van der Waals surface area contributed by atoms with E-state index in [2.05, 4.69) is 5.32 Å². The van der Waals surface area contributed by atoms with E-state index >= 15 is 0 Å². The number of hydrogen-bond acceptors (Lipinski definition) is 4. The zero-order chi connectivity index (χ0) is 13.8. The highest BCUT2D eigenvalue weighted by Crippen LogP contribution is 2.20. The Balaban J connectivity index is 2.78. The average molecular weight is 292 g/mol. The molecule has 0 aliphatic carbocycles. The van der Waals surface area contributed by atoms with Crippen molar-refractivity contribution in [2.24, 2.45) is 0 Å². The molecule has 0 saturated heterocycles. The molecule has 5 nitrogen and oxygen atoms in total. The number of carboxylic acids is 1. The van der Waals surface area contributed by atoms with Crippen LogP contribution in [-0.4, -0.2) is 37.5 Å². The third-order valence-electron chi connectivity index (χ3n) is 2.38. The van der Waals surface area contributed by atoms with Crippen molar-refractivity contribution in [1.29, 1.82) is 0 Å². The van der Waals surface area contributed by atoms with Gasteiger partial charge in [-0.3, -0.25) is 0 Å². The molecular formula is C11H14ClNO4S. The van der Waals surface area contributed by atoms with E-state index in [0.29, 0.717) is 10.7 Å². The minimum atomic E-state index is -3.08. The molecule has 100 valence electrons. The largest absolute Gasteiger partial charge is 0.478 e. The third kappa shape index (κ3) is 4.19. The number of anilines is 1. The number of aromatic carboxylic acids is 1. The van der Waals surface area contributed by atoms with E-state index in [-0.39, 0.29) is 23.6 Å². The van der Waals surface area contributed by atoms with Gasteiger partial charge < -0.3 is 10.4 Å². The van der Waals surface area contributed by atoms with Gasteiger partial charge in [0.1, 0.15) is 0 Å². The summed E-state index contributed by atoms with van der Waals surface area (Å²) in [4.78, 5) is 10.9. The third-order valence-corrected chi connectivity index (χ3v) is 4.32. The number of sulfone groups is 1. The van der Waals surface area contributed by atoms with Gasteiger partial charge in [0.25, 0.3) is 0 Å². The Morgan fingerprint density at radius 2 is 2.11 bits per heavy atom. The molecule has 1 aromatic carbocycles. The van der Waals surface area contributed by atoms with E-state index < -0.39 is 15.8 Å². The molecule has 0 aliphatic rings. The predicted octanol–water partition coefficient (Wildman–Crippen LogP) is 1.88. The van der Waals surface area contributed by atoms with Crippen LogP contribution in [0.3, 0.4) is 0 Å². The molecular weight excluding hydrogens is 278 g/mol. The first-order valence-electron chi connectivity index (χ1n) is 5.33. The summed E-state index contributed by atoms with van der Waals surface area (Å²) in [5.41, 5.74) is 0.384. The lowest BCUT2D eigenvalue weighted by Crippen LogP contribution is -2.18. The van der Waals surface area contributed by atoms with Crippen molar-refractivity contribution >= 4 is 33.1 Å². The van der Waals surface area contributed by atoms with Crippen LogP contribution in [0.25, 0.3) is 0 Å². The standard InChI is InChI=1S/C11H14ClNO4S/c1-2-18(16,17)6-5-13-10-7-8(12)3-4-9(10)11(14)15/h3-4,7,13H,2,5-6H2,1H3,(H,14,15). The lowest BCUT2D eigenvalue weighted by Gasteiger charge is -2.09. The number of nitrogens with one attached hydrogen (secondary N) is 1. The second-order valence-corrected chi connectivity index (χ2v) is 6.57. The lowest BCUT2D eigenvalue weighted by molar-refractivity contribution is 0.0698. The van der Waals surface area contributed by atoms with E-state index in [4.69, 9.17) is 16.7 Å². The highest BCUT2D eigenvalue weighted by atomic mass is 35.5. The van der Waals surface area contributed by atoms with Crippen molar-refractivity contribution in [1.82, 2.24) is 0 Å². The van der Waals surface area contributed by atoms with Gasteiger partial charge in [0.05, 0.1) is 17.0 Å². The van der Waals surface area contributed by atoms with E-state index in [9.17, 15) is 13.2 Å². The van der Waals surface area contributed by atoms with Gasteiger partial charge in [0.15, 0.2) is 9.84 Å². The Morgan fingerprint density at radius 3 is 2.67 bits per heavy atom. The van der Waals surface area contributed by atoms with Crippen LogP contribution in [0.5, 0.6) is 0 Å². The van der Waals surface area contributed by atoms with Gasteiger partial charge >= 0.3 is 5.97 Å². The Kier molecular flexibility index (Phi) is 4.98. The van der Waals surface area contributed by atoms with Crippen molar-refractivity contribution in [3.8, 4) is 0 Å². The molecule has 7 heteroatoms. The van der Waals surface area contributed by atoms with Gasteiger partial charge in [0, 0.05) is 17.3 Å². The first kappa shape index (κ1) is 14.8. The fourth-order valence-electron chi connectivity index (χ4n) is 1.33. The minimum absolute atomic E-state index is 0.0466. The number of carbonyl (C=O) groups is 1. The maximum Gasteiger partial charge on any atom is 0.337 e. The first-order chi connectivity index (χ1) is 8.35. The number of rotatable bonds is 6. The van der Waals surface area contributed by atoms with Gasteiger partial charge in [-0.15, -0.1) is 0 Å². The number of carboxylic acid groups (broad SMARTS) is 1. The summed E-state index contributed by atoms with van der Waals surface area (Å²) in [6, 6.07) is 4.31. The van der Waals surface area contributed by atoms with Crippen LogP contribution in [0.4, 0.5) is 5.69 Å². The van der Waals surface area contributed by atoms with Crippen LogP contribution >= 0.6 is 11.6 Å². The molecule has 0 unspecified atom stereocenters. The van der Waals surface area contributed by atoms with Crippen LogP contribution < -0.4 is 5.32 Å². The van der Waals surface area contributed by atoms with E-state index in [1.165, 1.54) is 18.2 Å². The Bertz CT molecular complexity index is 542. The second-order valence-electron chi connectivity index (χ2n) is 3.66. The predicted molar refractivity (Wildman–Crippen MR) is 71.2 cm³/mol. The molecule has 0 radical (unpaired) electrons. The molecule has 0 atom stereocenters. The number of benzene rings is 1. The summed E-state index contributed by atoms with van der Waals surface area (Å²) < 4.78 is 22.6. The lowest BCUT2D eigenvalue weighted by atomic mass is 10.2. The maximum atomic E-state index is 11.3. The van der Waals surface area contributed by atoms with E-state index in [1.54, 1.807) is 6.92 Å². The Hall–Kier alpha value is -1.27. The molecule has 0 bridgehead atoms. The fraction of sp³-hybridized carbons (Fsp3) is 0.364. The van der Waals surface area contributed by atoms with Crippen LogP contribution in [-0.2, 0) is 9.84 Å². The summed E-state index contributed by atoms with van der Waals surface area (Å²) in [5, 5.41) is 12.1. The van der Waals surface area contributed by atoms with Crippen molar-refractivity contribution < 1.29 is 18.3 Å². The molecule has 2 N–H and O–H groups in total. The number of hydrogen-bond donors (Lipinski definition) is 2. The first-order valence-corrected chi connectivity index (χ1v) is 7.53. The molecule has 0 spiro atoms. The maximum absolute atomic E-state index is 11.3. The summed E-state index contributed by atoms with van der Waals surface area (Å²) in [5.74, 6) is -1.07. The average Bonchev–Trinajstić information content (AvgIpc) is 2.28. The zero-order valence-electron chi connectivity index (χ0n) is 9.81. The van der Waals surface area contributed by atoms with Crippen LogP contribution in [0.2, 0.25) is 5.02 Å². The van der Waals surface area contributed by atoms with Crippen molar-refractivity contribution in [2.75, 3.05) is 23.4 Å². The SMILES string of the molecule is CCS(=O)(=O)CCNc1cc(Cl)ccc1C(=O)O. The monoisotopic (exact) mass is 291 g/mol. The molecule has 0 aliphatic heterocycles. The quantitative estimate of drug-likeness (QED) is 0.836. The van der Waals surface area contributed by atoms with Crippen molar-refractivity contribution in [2.45, 2.75) is 6.92 Å².